The van der Waals surface area contributed by atoms with Crippen molar-refractivity contribution in [1.29, 1.82) is 0 Å². The van der Waals surface area contributed by atoms with E-state index in [0.29, 0.717) is 5.57 Å². The van der Waals surface area contributed by atoms with Crippen molar-refractivity contribution in [3.8, 4) is 0 Å². The van der Waals surface area contributed by atoms with Crippen molar-refractivity contribution in [1.82, 2.24) is 0 Å². The zero-order chi connectivity index (χ0) is 10.7. The minimum atomic E-state index is -0.323. The molecule has 0 aliphatic carbocycles. The Bertz CT molecular complexity index is 447. The van der Waals surface area contributed by atoms with Gasteiger partial charge in [0.05, 0.1) is 11.8 Å². The first kappa shape index (κ1) is 9.52. The van der Waals surface area contributed by atoms with Crippen LogP contribution in [-0.4, -0.2) is 5.97 Å². The summed E-state index contributed by atoms with van der Waals surface area (Å²) < 4.78 is 4.66. The molecule has 1 aromatic carbocycles. The van der Waals surface area contributed by atoms with E-state index in [1.807, 2.05) is 31.2 Å². The van der Waals surface area contributed by atoms with Crippen molar-refractivity contribution >= 4 is 11.7 Å². The largest absolute Gasteiger partial charge is 0.431 e. The van der Waals surface area contributed by atoms with Crippen LogP contribution in [0.25, 0.3) is 0 Å². The van der Waals surface area contributed by atoms with Gasteiger partial charge in [-0.3, -0.25) is 0 Å². The highest BCUT2D eigenvalue weighted by Crippen LogP contribution is 2.15. The van der Waals surface area contributed by atoms with Crippen molar-refractivity contribution in [3.05, 3.63) is 53.9 Å². The summed E-state index contributed by atoms with van der Waals surface area (Å²) in [5, 5.41) is 3.07. The molecule has 15 heavy (non-hydrogen) atoms. The maximum atomic E-state index is 11.1. The SMILES string of the molecule is Cc1ccccc1NC=C1C=COC1=O. The summed E-state index contributed by atoms with van der Waals surface area (Å²) in [5.74, 6) is -0.323. The number of carbonyl (C=O) groups excluding carboxylic acids is 1. The van der Waals surface area contributed by atoms with E-state index in [1.54, 1.807) is 12.3 Å². The Morgan fingerprint density at radius 3 is 2.80 bits per heavy atom. The van der Waals surface area contributed by atoms with E-state index < -0.39 is 0 Å². The van der Waals surface area contributed by atoms with E-state index in [1.165, 1.54) is 6.26 Å². The van der Waals surface area contributed by atoms with Gasteiger partial charge in [0.15, 0.2) is 0 Å². The standard InChI is InChI=1S/C12H11NO2/c1-9-4-2-3-5-11(9)13-8-10-6-7-15-12(10)14/h2-8,13H,1H3. The van der Waals surface area contributed by atoms with Crippen LogP contribution >= 0.6 is 0 Å². The molecule has 1 N–H and O–H groups in total. The van der Waals surface area contributed by atoms with Crippen LogP contribution < -0.4 is 5.32 Å². The van der Waals surface area contributed by atoms with Crippen molar-refractivity contribution in [3.63, 3.8) is 0 Å². The second-order valence-corrected chi connectivity index (χ2v) is 3.27. The first-order valence-electron chi connectivity index (χ1n) is 4.67. The average molecular weight is 201 g/mol. The first-order valence-corrected chi connectivity index (χ1v) is 4.67. The third-order valence-corrected chi connectivity index (χ3v) is 2.19. The number of esters is 1. The fourth-order valence-electron chi connectivity index (χ4n) is 1.30. The Labute approximate surface area is 88.1 Å². The predicted octanol–water partition coefficient (Wildman–Crippen LogP) is 2.36. The molecular weight excluding hydrogens is 190 g/mol. The fraction of sp³-hybridized carbons (Fsp3) is 0.0833. The van der Waals surface area contributed by atoms with E-state index in [9.17, 15) is 4.79 Å². The predicted molar refractivity (Wildman–Crippen MR) is 58.1 cm³/mol. The minimum Gasteiger partial charge on any atom is -0.431 e. The molecule has 0 saturated carbocycles. The quantitative estimate of drug-likeness (QED) is 0.589. The molecule has 0 unspecified atom stereocenters. The molecule has 1 aromatic rings. The van der Waals surface area contributed by atoms with Gasteiger partial charge >= 0.3 is 5.97 Å². The van der Waals surface area contributed by atoms with Crippen LogP contribution in [0.15, 0.2) is 48.4 Å². The summed E-state index contributed by atoms with van der Waals surface area (Å²) in [6, 6.07) is 7.87. The molecule has 0 atom stereocenters. The molecule has 1 heterocycles. The van der Waals surface area contributed by atoms with Crippen LogP contribution in [0.1, 0.15) is 5.56 Å². The lowest BCUT2D eigenvalue weighted by Gasteiger charge is -2.04. The lowest BCUT2D eigenvalue weighted by Crippen LogP contribution is -1.99. The number of aryl methyl sites for hydroxylation is 1. The molecular formula is C12H11NO2. The summed E-state index contributed by atoms with van der Waals surface area (Å²) in [7, 11) is 0. The third kappa shape index (κ3) is 2.07. The molecule has 1 aliphatic rings. The normalized spacial score (nSPS) is 16.9. The molecule has 0 fully saturated rings. The third-order valence-electron chi connectivity index (χ3n) is 2.19. The number of benzene rings is 1. The van der Waals surface area contributed by atoms with Crippen LogP contribution in [-0.2, 0) is 9.53 Å². The number of hydrogen-bond acceptors (Lipinski definition) is 3. The average Bonchev–Trinajstić information content (AvgIpc) is 2.63. The highest BCUT2D eigenvalue weighted by molar-refractivity contribution is 5.94. The molecule has 76 valence electrons. The number of ether oxygens (including phenoxy) is 1. The number of carbonyl (C=O) groups is 1. The topological polar surface area (TPSA) is 38.3 Å². The summed E-state index contributed by atoms with van der Waals surface area (Å²) in [6.07, 6.45) is 4.66. The number of anilines is 1. The lowest BCUT2D eigenvalue weighted by atomic mass is 10.2. The number of para-hydroxylation sites is 1. The van der Waals surface area contributed by atoms with Crippen LogP contribution in [0.2, 0.25) is 0 Å². The Morgan fingerprint density at radius 1 is 1.33 bits per heavy atom. The Kier molecular flexibility index (Phi) is 2.54. The van der Waals surface area contributed by atoms with Gasteiger partial charge in [-0.15, -0.1) is 0 Å². The van der Waals surface area contributed by atoms with Gasteiger partial charge in [-0.2, -0.15) is 0 Å². The van der Waals surface area contributed by atoms with E-state index >= 15 is 0 Å². The molecule has 3 nitrogen and oxygen atoms in total. The molecule has 0 bridgehead atoms. The molecule has 1 aliphatic heterocycles. The number of hydrogen-bond donors (Lipinski definition) is 1. The molecule has 3 heteroatoms. The molecule has 2 rings (SSSR count). The van der Waals surface area contributed by atoms with Gasteiger partial charge in [0.25, 0.3) is 0 Å². The zero-order valence-electron chi connectivity index (χ0n) is 8.36. The van der Waals surface area contributed by atoms with Crippen molar-refractivity contribution in [2.45, 2.75) is 6.92 Å². The highest BCUT2D eigenvalue weighted by Gasteiger charge is 2.12. The molecule has 0 saturated heterocycles. The van der Waals surface area contributed by atoms with Gasteiger partial charge < -0.3 is 10.1 Å². The lowest BCUT2D eigenvalue weighted by molar-refractivity contribution is -0.132. The summed E-state index contributed by atoms with van der Waals surface area (Å²) in [6.45, 7) is 2.00. The van der Waals surface area contributed by atoms with Crippen molar-refractivity contribution in [2.24, 2.45) is 0 Å². The van der Waals surface area contributed by atoms with E-state index in [-0.39, 0.29) is 5.97 Å². The second-order valence-electron chi connectivity index (χ2n) is 3.27. The van der Waals surface area contributed by atoms with Crippen molar-refractivity contribution < 1.29 is 9.53 Å². The Balaban J connectivity index is 2.14. The summed E-state index contributed by atoms with van der Waals surface area (Å²) in [5.41, 5.74) is 2.64. The van der Waals surface area contributed by atoms with Crippen LogP contribution in [0.5, 0.6) is 0 Å². The highest BCUT2D eigenvalue weighted by atomic mass is 16.5. The van der Waals surface area contributed by atoms with Gasteiger partial charge in [0.1, 0.15) is 0 Å². The first-order chi connectivity index (χ1) is 7.27. The summed E-state index contributed by atoms with van der Waals surface area (Å²) in [4.78, 5) is 11.1. The van der Waals surface area contributed by atoms with Gasteiger partial charge in [-0.05, 0) is 24.6 Å². The monoisotopic (exact) mass is 201 g/mol. The van der Waals surface area contributed by atoms with Gasteiger partial charge in [-0.25, -0.2) is 4.79 Å². The minimum absolute atomic E-state index is 0.323. The van der Waals surface area contributed by atoms with Gasteiger partial charge in [0.2, 0.25) is 0 Å². The van der Waals surface area contributed by atoms with E-state index in [0.717, 1.165) is 11.3 Å². The number of rotatable bonds is 2. The van der Waals surface area contributed by atoms with Crippen molar-refractivity contribution in [2.75, 3.05) is 5.32 Å². The molecule has 0 spiro atoms. The van der Waals surface area contributed by atoms with E-state index in [4.69, 9.17) is 0 Å². The van der Waals surface area contributed by atoms with Crippen LogP contribution in [0.4, 0.5) is 5.69 Å². The molecule has 0 aromatic heterocycles. The Morgan fingerprint density at radius 2 is 2.13 bits per heavy atom. The number of nitrogens with one attached hydrogen (secondary N) is 1. The molecule has 0 radical (unpaired) electrons. The second kappa shape index (κ2) is 4.00. The number of cyclic esters (lactones) is 1. The maximum Gasteiger partial charge on any atom is 0.344 e. The van der Waals surface area contributed by atoms with Gasteiger partial charge in [0, 0.05) is 11.9 Å². The van der Waals surface area contributed by atoms with Crippen LogP contribution in [0.3, 0.4) is 0 Å². The zero-order valence-corrected chi connectivity index (χ0v) is 8.36. The van der Waals surface area contributed by atoms with Crippen LogP contribution in [0, 0.1) is 6.92 Å². The van der Waals surface area contributed by atoms with Gasteiger partial charge in [-0.1, -0.05) is 18.2 Å². The smallest absolute Gasteiger partial charge is 0.344 e. The fourth-order valence-corrected chi connectivity index (χ4v) is 1.30. The summed E-state index contributed by atoms with van der Waals surface area (Å²) >= 11 is 0. The molecule has 0 amide bonds. The Hall–Kier alpha value is -2.03. The maximum absolute atomic E-state index is 11.1. The van der Waals surface area contributed by atoms with E-state index in [2.05, 4.69) is 10.1 Å².